The lowest BCUT2D eigenvalue weighted by Gasteiger charge is -2.12. The first-order chi connectivity index (χ1) is 12.8. The van der Waals surface area contributed by atoms with Crippen LogP contribution in [0.5, 0.6) is 0 Å². The zero-order valence-electron chi connectivity index (χ0n) is 16.0. The fourth-order valence-corrected chi connectivity index (χ4v) is 3.51. The molecule has 0 aliphatic rings. The molecule has 0 aliphatic carbocycles. The molecular weight excluding hydrogens is 517 g/mol. The second kappa shape index (κ2) is 11.6. The van der Waals surface area contributed by atoms with Crippen molar-refractivity contribution in [3.05, 3.63) is 46.6 Å². The Bertz CT molecular complexity index is 882. The predicted octanol–water partition coefficient (Wildman–Crippen LogP) is 2.60. The van der Waals surface area contributed by atoms with Crippen LogP contribution in [0.25, 0.3) is 0 Å². The standard InChI is InChI=1S/C17H24ClN5O3S.HI/c1-4-19-17(21-11-16-23-12(2)13(3)26-16)20-8-9-22-27(24,25)15-7-5-6-14(18)10-15;/h5-7,10,22H,4,8-9,11H2,1-3H3,(H2,19,20,21);1H. The zero-order valence-corrected chi connectivity index (χ0v) is 19.9. The lowest BCUT2D eigenvalue weighted by atomic mass is 10.4. The van der Waals surface area contributed by atoms with Crippen LogP contribution in [0.4, 0.5) is 0 Å². The first-order valence-electron chi connectivity index (χ1n) is 8.52. The molecule has 0 amide bonds. The van der Waals surface area contributed by atoms with Gasteiger partial charge in [0.15, 0.2) is 5.96 Å². The van der Waals surface area contributed by atoms with Crippen molar-refractivity contribution in [2.45, 2.75) is 32.2 Å². The van der Waals surface area contributed by atoms with Gasteiger partial charge in [-0.15, -0.1) is 24.0 Å². The summed E-state index contributed by atoms with van der Waals surface area (Å²) in [5, 5.41) is 6.52. The molecule has 0 aliphatic heterocycles. The van der Waals surface area contributed by atoms with E-state index < -0.39 is 10.0 Å². The molecule has 2 rings (SSSR count). The van der Waals surface area contributed by atoms with Gasteiger partial charge in [0.25, 0.3) is 0 Å². The van der Waals surface area contributed by atoms with E-state index in [1.165, 1.54) is 12.1 Å². The Morgan fingerprint density at radius 2 is 2.00 bits per heavy atom. The van der Waals surface area contributed by atoms with Gasteiger partial charge < -0.3 is 15.1 Å². The molecule has 1 aromatic heterocycles. The molecule has 0 atom stereocenters. The maximum atomic E-state index is 12.2. The monoisotopic (exact) mass is 541 g/mol. The number of hydrogen-bond donors (Lipinski definition) is 3. The molecule has 0 unspecified atom stereocenters. The first-order valence-corrected chi connectivity index (χ1v) is 10.4. The Balaban J connectivity index is 0.00000392. The summed E-state index contributed by atoms with van der Waals surface area (Å²) >= 11 is 5.84. The Morgan fingerprint density at radius 3 is 2.61 bits per heavy atom. The topological polar surface area (TPSA) is 109 Å². The Hall–Kier alpha value is -1.37. The van der Waals surface area contributed by atoms with Crippen LogP contribution in [0, 0.1) is 13.8 Å². The van der Waals surface area contributed by atoms with Crippen molar-refractivity contribution in [3.63, 3.8) is 0 Å². The van der Waals surface area contributed by atoms with Gasteiger partial charge in [-0.25, -0.2) is 23.1 Å². The number of guanidine groups is 1. The van der Waals surface area contributed by atoms with Crippen molar-refractivity contribution < 1.29 is 12.8 Å². The highest BCUT2D eigenvalue weighted by molar-refractivity contribution is 14.0. The van der Waals surface area contributed by atoms with Gasteiger partial charge in [0, 0.05) is 24.7 Å². The Labute approximate surface area is 187 Å². The van der Waals surface area contributed by atoms with Gasteiger partial charge >= 0.3 is 0 Å². The molecule has 156 valence electrons. The third-order valence-corrected chi connectivity index (χ3v) is 5.30. The predicted molar refractivity (Wildman–Crippen MR) is 121 cm³/mol. The molecule has 0 spiro atoms. The summed E-state index contributed by atoms with van der Waals surface area (Å²) in [4.78, 5) is 8.80. The van der Waals surface area contributed by atoms with Gasteiger partial charge in [-0.2, -0.15) is 0 Å². The van der Waals surface area contributed by atoms with E-state index in [1.54, 1.807) is 12.1 Å². The van der Waals surface area contributed by atoms with Crippen LogP contribution in [0.2, 0.25) is 5.02 Å². The van der Waals surface area contributed by atoms with E-state index in [4.69, 9.17) is 16.0 Å². The van der Waals surface area contributed by atoms with Crippen molar-refractivity contribution in [2.24, 2.45) is 4.99 Å². The van der Waals surface area contributed by atoms with E-state index >= 15 is 0 Å². The molecule has 0 saturated heterocycles. The summed E-state index contributed by atoms with van der Waals surface area (Å²) in [6.45, 7) is 7.18. The van der Waals surface area contributed by atoms with Crippen LogP contribution in [0.3, 0.4) is 0 Å². The van der Waals surface area contributed by atoms with Crippen LogP contribution >= 0.6 is 35.6 Å². The lowest BCUT2D eigenvalue weighted by molar-refractivity contribution is 0.473. The van der Waals surface area contributed by atoms with Crippen LogP contribution in [0.1, 0.15) is 24.3 Å². The summed E-state index contributed by atoms with van der Waals surface area (Å²) in [7, 11) is -3.61. The van der Waals surface area contributed by atoms with E-state index in [1.807, 2.05) is 20.8 Å². The molecule has 1 heterocycles. The van der Waals surface area contributed by atoms with E-state index in [-0.39, 0.29) is 42.0 Å². The minimum absolute atomic E-state index is 0. The second-order valence-corrected chi connectivity index (χ2v) is 7.93. The SMILES string of the molecule is CCNC(=NCc1nc(C)c(C)o1)NCCNS(=O)(=O)c1cccc(Cl)c1.I. The van der Waals surface area contributed by atoms with Gasteiger partial charge in [-0.05, 0) is 39.0 Å². The highest BCUT2D eigenvalue weighted by Gasteiger charge is 2.13. The largest absolute Gasteiger partial charge is 0.444 e. The van der Waals surface area contributed by atoms with Gasteiger partial charge in [-0.1, -0.05) is 17.7 Å². The number of sulfonamides is 1. The number of rotatable bonds is 8. The van der Waals surface area contributed by atoms with Gasteiger partial charge in [0.1, 0.15) is 12.3 Å². The van der Waals surface area contributed by atoms with E-state index in [2.05, 4.69) is 25.3 Å². The van der Waals surface area contributed by atoms with Crippen molar-refractivity contribution >= 4 is 51.6 Å². The summed E-state index contributed by atoms with van der Waals surface area (Å²) in [6, 6.07) is 6.12. The van der Waals surface area contributed by atoms with Gasteiger partial charge in [0.05, 0.1) is 10.6 Å². The molecule has 0 saturated carbocycles. The van der Waals surface area contributed by atoms with Crippen LogP contribution in [-0.4, -0.2) is 39.0 Å². The molecule has 0 bridgehead atoms. The quantitative estimate of drug-likeness (QED) is 0.205. The van der Waals surface area contributed by atoms with Crippen LogP contribution < -0.4 is 15.4 Å². The van der Waals surface area contributed by atoms with Crippen LogP contribution in [0.15, 0.2) is 38.6 Å². The Kier molecular flexibility index (Phi) is 10.2. The normalized spacial score (nSPS) is 11.8. The maximum absolute atomic E-state index is 12.2. The number of nitrogens with zero attached hydrogens (tertiary/aromatic N) is 2. The number of hydrogen-bond acceptors (Lipinski definition) is 5. The molecule has 2 aromatic rings. The van der Waals surface area contributed by atoms with Crippen molar-refractivity contribution in [3.8, 4) is 0 Å². The Morgan fingerprint density at radius 1 is 1.25 bits per heavy atom. The molecule has 1 aromatic carbocycles. The third-order valence-electron chi connectivity index (χ3n) is 3.61. The second-order valence-electron chi connectivity index (χ2n) is 5.73. The molecule has 3 N–H and O–H groups in total. The summed E-state index contributed by atoms with van der Waals surface area (Å²) in [6.07, 6.45) is 0. The van der Waals surface area contributed by atoms with Gasteiger partial charge in [0.2, 0.25) is 15.9 Å². The molecule has 0 radical (unpaired) electrons. The first kappa shape index (κ1) is 24.7. The lowest BCUT2D eigenvalue weighted by Crippen LogP contribution is -2.41. The van der Waals surface area contributed by atoms with Crippen molar-refractivity contribution in [1.29, 1.82) is 0 Å². The van der Waals surface area contributed by atoms with Gasteiger partial charge in [-0.3, -0.25) is 0 Å². The third kappa shape index (κ3) is 7.57. The average molecular weight is 542 g/mol. The smallest absolute Gasteiger partial charge is 0.240 e. The summed E-state index contributed by atoms with van der Waals surface area (Å²) in [5.74, 6) is 1.85. The highest BCUT2D eigenvalue weighted by Crippen LogP contribution is 2.14. The molecular formula is C17H25ClIN5O3S. The van der Waals surface area contributed by atoms with E-state index in [0.29, 0.717) is 30.0 Å². The fraction of sp³-hybridized carbons (Fsp3) is 0.412. The molecule has 0 fully saturated rings. The number of halogens is 2. The molecule has 11 heteroatoms. The molecule has 28 heavy (non-hydrogen) atoms. The number of nitrogens with one attached hydrogen (secondary N) is 3. The van der Waals surface area contributed by atoms with Crippen molar-refractivity contribution in [1.82, 2.24) is 20.3 Å². The number of oxazole rings is 1. The number of aliphatic imine (C=N–C) groups is 1. The molecule has 8 nitrogen and oxygen atoms in total. The van der Waals surface area contributed by atoms with Crippen LogP contribution in [-0.2, 0) is 16.6 Å². The summed E-state index contributed by atoms with van der Waals surface area (Å²) < 4.78 is 32.5. The number of aromatic nitrogens is 1. The van der Waals surface area contributed by atoms with Crippen molar-refractivity contribution in [2.75, 3.05) is 19.6 Å². The number of aryl methyl sites for hydroxylation is 2. The zero-order chi connectivity index (χ0) is 19.9. The highest BCUT2D eigenvalue weighted by atomic mass is 127. The fourth-order valence-electron chi connectivity index (χ4n) is 2.18. The minimum Gasteiger partial charge on any atom is -0.444 e. The van der Waals surface area contributed by atoms with E-state index in [9.17, 15) is 8.42 Å². The minimum atomic E-state index is -3.61. The number of benzene rings is 1. The van der Waals surface area contributed by atoms with E-state index in [0.717, 1.165) is 11.5 Å². The maximum Gasteiger partial charge on any atom is 0.240 e. The average Bonchev–Trinajstić information content (AvgIpc) is 2.94. The summed E-state index contributed by atoms with van der Waals surface area (Å²) in [5.41, 5.74) is 0.841.